The summed E-state index contributed by atoms with van der Waals surface area (Å²) in [7, 11) is 4.01. The number of allylic oxidation sites excluding steroid dienone is 1. The summed E-state index contributed by atoms with van der Waals surface area (Å²) in [6, 6.07) is -0.579. The highest BCUT2D eigenvalue weighted by atomic mass is 32.2. The summed E-state index contributed by atoms with van der Waals surface area (Å²) in [5, 5.41) is 11.0. The predicted molar refractivity (Wildman–Crippen MR) is 85.9 cm³/mol. The van der Waals surface area contributed by atoms with Gasteiger partial charge < -0.3 is 15.7 Å². The number of carbonyl (C=O) groups is 2. The Bertz CT molecular complexity index is 505. The van der Waals surface area contributed by atoms with Crippen molar-refractivity contribution in [3.05, 3.63) is 22.8 Å². The quantitative estimate of drug-likeness (QED) is 0.538. The first-order chi connectivity index (χ1) is 9.93. The molecule has 1 fully saturated rings. The van der Waals surface area contributed by atoms with E-state index < -0.39 is 12.0 Å². The van der Waals surface area contributed by atoms with Crippen molar-refractivity contribution in [1.29, 1.82) is 0 Å². The fourth-order valence-electron chi connectivity index (χ4n) is 2.10. The molecule has 0 saturated carbocycles. The van der Waals surface area contributed by atoms with E-state index in [0.717, 1.165) is 12.3 Å². The first kappa shape index (κ1) is 16.4. The molecule has 0 aromatic carbocycles. The third-order valence-electron chi connectivity index (χ3n) is 3.26. The van der Waals surface area contributed by atoms with Crippen LogP contribution in [0.5, 0.6) is 0 Å². The highest BCUT2D eigenvalue weighted by molar-refractivity contribution is 8.02. The van der Waals surface area contributed by atoms with E-state index in [1.165, 1.54) is 16.7 Å². The molecule has 2 rings (SSSR count). The van der Waals surface area contributed by atoms with Crippen LogP contribution in [-0.2, 0) is 9.59 Å². The van der Waals surface area contributed by atoms with Crippen LogP contribution in [0.4, 0.5) is 0 Å². The van der Waals surface area contributed by atoms with Gasteiger partial charge in [-0.25, -0.2) is 4.79 Å². The van der Waals surface area contributed by atoms with Gasteiger partial charge in [-0.05, 0) is 31.2 Å². The zero-order valence-corrected chi connectivity index (χ0v) is 13.6. The third-order valence-corrected chi connectivity index (χ3v) is 5.33. The van der Waals surface area contributed by atoms with Gasteiger partial charge in [0.1, 0.15) is 17.1 Å². The van der Waals surface area contributed by atoms with Gasteiger partial charge in [0, 0.05) is 18.1 Å². The van der Waals surface area contributed by atoms with Crippen LogP contribution >= 0.6 is 23.5 Å². The molecule has 1 saturated heterocycles. The third kappa shape index (κ3) is 3.45. The van der Waals surface area contributed by atoms with Gasteiger partial charge in [0.05, 0.1) is 0 Å². The van der Waals surface area contributed by atoms with Crippen LogP contribution in [0.2, 0.25) is 0 Å². The topological polar surface area (TPSA) is 86.9 Å². The van der Waals surface area contributed by atoms with Gasteiger partial charge in [-0.2, -0.15) is 0 Å². The average Bonchev–Trinajstić information content (AvgIpc) is 2.44. The Kier molecular flexibility index (Phi) is 5.37. The molecule has 0 spiro atoms. The molecular weight excluding hydrogens is 310 g/mol. The average molecular weight is 329 g/mol. The van der Waals surface area contributed by atoms with Crippen LogP contribution < -0.4 is 5.73 Å². The smallest absolute Gasteiger partial charge is 0.352 e. The van der Waals surface area contributed by atoms with Crippen LogP contribution in [-0.4, -0.2) is 70.3 Å². The summed E-state index contributed by atoms with van der Waals surface area (Å²) in [5.74, 6) is 0.117. The summed E-state index contributed by atoms with van der Waals surface area (Å²) >= 11 is 3.14. The summed E-state index contributed by atoms with van der Waals surface area (Å²) in [6.07, 6.45) is 1.80. The van der Waals surface area contributed by atoms with Crippen molar-refractivity contribution in [3.8, 4) is 0 Å². The Morgan fingerprint density at radius 2 is 2.33 bits per heavy atom. The van der Waals surface area contributed by atoms with Crippen molar-refractivity contribution in [1.82, 2.24) is 9.80 Å². The summed E-state index contributed by atoms with van der Waals surface area (Å²) in [5.41, 5.74) is 6.44. The molecule has 21 heavy (non-hydrogen) atoms. The molecule has 0 aliphatic carbocycles. The van der Waals surface area contributed by atoms with Gasteiger partial charge in [0.2, 0.25) is 5.91 Å². The molecule has 1 amide bonds. The first-order valence-electron chi connectivity index (χ1n) is 6.53. The SMILES string of the molecule is CN(C)CCSC=CC1=C(C(=O)O)N2C(=O)[C@@H](N)[C@H]2SC1. The number of hydrogen-bond acceptors (Lipinski definition) is 6. The van der Waals surface area contributed by atoms with E-state index in [9.17, 15) is 14.7 Å². The number of carboxylic acid groups (broad SMARTS) is 1. The van der Waals surface area contributed by atoms with Crippen LogP contribution in [0, 0.1) is 0 Å². The number of β-lactam (4-membered cyclic amide) rings is 1. The Hall–Kier alpha value is -0.960. The lowest BCUT2D eigenvalue weighted by molar-refractivity contribution is -0.147. The predicted octanol–water partition coefficient (Wildman–Crippen LogP) is 0.376. The molecule has 0 aromatic rings. The van der Waals surface area contributed by atoms with E-state index in [2.05, 4.69) is 4.90 Å². The van der Waals surface area contributed by atoms with Crippen LogP contribution in [0.3, 0.4) is 0 Å². The molecule has 2 aliphatic heterocycles. The summed E-state index contributed by atoms with van der Waals surface area (Å²) < 4.78 is 0. The van der Waals surface area contributed by atoms with Gasteiger partial charge in [-0.1, -0.05) is 0 Å². The molecular formula is C13H19N3O3S2. The fourth-order valence-corrected chi connectivity index (χ4v) is 4.23. The highest BCUT2D eigenvalue weighted by Gasteiger charge is 2.51. The monoisotopic (exact) mass is 329 g/mol. The van der Waals surface area contributed by atoms with E-state index in [-0.39, 0.29) is 17.0 Å². The van der Waals surface area contributed by atoms with E-state index in [0.29, 0.717) is 11.3 Å². The fraction of sp³-hybridized carbons (Fsp3) is 0.538. The van der Waals surface area contributed by atoms with Crippen LogP contribution in [0.25, 0.3) is 0 Å². The van der Waals surface area contributed by atoms with Crippen molar-refractivity contribution in [2.24, 2.45) is 5.73 Å². The number of carboxylic acids is 1. The lowest BCUT2D eigenvalue weighted by Crippen LogP contribution is -2.68. The van der Waals surface area contributed by atoms with Gasteiger partial charge in [-0.3, -0.25) is 9.69 Å². The van der Waals surface area contributed by atoms with E-state index in [1.54, 1.807) is 17.8 Å². The molecule has 8 heteroatoms. The minimum Gasteiger partial charge on any atom is -0.477 e. The van der Waals surface area contributed by atoms with Crippen LogP contribution in [0.1, 0.15) is 0 Å². The minimum absolute atomic E-state index is 0.0786. The number of carbonyl (C=O) groups excluding carboxylic acids is 1. The van der Waals surface area contributed by atoms with Crippen molar-refractivity contribution >= 4 is 35.4 Å². The maximum atomic E-state index is 11.8. The normalized spacial score (nSPS) is 25.5. The number of hydrogen-bond donors (Lipinski definition) is 2. The van der Waals surface area contributed by atoms with Gasteiger partial charge in [-0.15, -0.1) is 23.5 Å². The van der Waals surface area contributed by atoms with Crippen molar-refractivity contribution in [2.45, 2.75) is 11.4 Å². The second kappa shape index (κ2) is 6.87. The molecule has 6 nitrogen and oxygen atoms in total. The highest BCUT2D eigenvalue weighted by Crippen LogP contribution is 2.39. The first-order valence-corrected chi connectivity index (χ1v) is 8.63. The van der Waals surface area contributed by atoms with E-state index >= 15 is 0 Å². The molecule has 0 bridgehead atoms. The number of rotatable bonds is 6. The lowest BCUT2D eigenvalue weighted by atomic mass is 10.0. The van der Waals surface area contributed by atoms with Gasteiger partial charge in [0.15, 0.2) is 0 Å². The summed E-state index contributed by atoms with van der Waals surface area (Å²) in [6.45, 7) is 0.954. The van der Waals surface area contributed by atoms with Crippen molar-refractivity contribution < 1.29 is 14.7 Å². The number of thioether (sulfide) groups is 2. The second-order valence-electron chi connectivity index (χ2n) is 5.09. The number of aliphatic carboxylic acids is 1. The molecule has 2 heterocycles. The molecule has 2 atom stereocenters. The van der Waals surface area contributed by atoms with Gasteiger partial charge in [0.25, 0.3) is 0 Å². The number of nitrogens with two attached hydrogens (primary N) is 1. The standard InChI is InChI=1S/C13H19N3O3S2/c1-15(2)4-6-20-5-3-8-7-21-12-9(14)11(17)16(12)10(8)13(18)19/h3,5,9,12H,4,6-7,14H2,1-2H3,(H,18,19)/t9-,12-/m1/s1. The lowest BCUT2D eigenvalue weighted by Gasteiger charge is -2.47. The van der Waals surface area contributed by atoms with Gasteiger partial charge >= 0.3 is 5.97 Å². The number of fused-ring (bicyclic) bond motifs is 1. The number of amides is 1. The second-order valence-corrected chi connectivity index (χ2v) is 7.21. The van der Waals surface area contributed by atoms with E-state index in [1.807, 2.05) is 19.5 Å². The molecule has 0 radical (unpaired) electrons. The van der Waals surface area contributed by atoms with Crippen molar-refractivity contribution in [3.63, 3.8) is 0 Å². The zero-order chi connectivity index (χ0) is 15.6. The summed E-state index contributed by atoms with van der Waals surface area (Å²) in [4.78, 5) is 26.6. The Morgan fingerprint density at radius 3 is 2.95 bits per heavy atom. The van der Waals surface area contributed by atoms with Crippen LogP contribution in [0.15, 0.2) is 22.8 Å². The molecule has 0 aromatic heterocycles. The molecule has 0 unspecified atom stereocenters. The number of nitrogens with zero attached hydrogens (tertiary/aromatic N) is 2. The maximum Gasteiger partial charge on any atom is 0.352 e. The maximum absolute atomic E-state index is 11.8. The van der Waals surface area contributed by atoms with E-state index in [4.69, 9.17) is 5.73 Å². The minimum atomic E-state index is -1.07. The molecule has 2 aliphatic rings. The Labute approximate surface area is 132 Å². The molecule has 3 N–H and O–H groups in total. The zero-order valence-electron chi connectivity index (χ0n) is 12.0. The Balaban J connectivity index is 2.07. The van der Waals surface area contributed by atoms with Crippen molar-refractivity contribution in [2.75, 3.05) is 32.1 Å². The molecule has 116 valence electrons. The largest absolute Gasteiger partial charge is 0.477 e. The Morgan fingerprint density at radius 1 is 1.62 bits per heavy atom.